The standard InChI is InChI=1S/C19H23F3N2S/c1-24-10-4-7-13(24)11-14-17-15(23-18(14)12-5-2-6-12)8-3-9-16(17)25-19(20,21)22/h3,8-9,12-13,23H,2,4-7,10-11H2,1H3/t13-/m1/s1. The number of H-pyrrole nitrogens is 1. The minimum atomic E-state index is -4.26. The number of halogens is 3. The first kappa shape index (κ1) is 17.3. The Labute approximate surface area is 150 Å². The Morgan fingerprint density at radius 1 is 1.20 bits per heavy atom. The highest BCUT2D eigenvalue weighted by molar-refractivity contribution is 8.00. The molecule has 0 spiro atoms. The highest BCUT2D eigenvalue weighted by atomic mass is 32.2. The van der Waals surface area contributed by atoms with Gasteiger partial charge in [-0.15, -0.1) is 0 Å². The summed E-state index contributed by atoms with van der Waals surface area (Å²) in [4.78, 5) is 6.17. The third-order valence-electron chi connectivity index (χ3n) is 5.77. The van der Waals surface area contributed by atoms with Crippen LogP contribution >= 0.6 is 11.8 Å². The molecular weight excluding hydrogens is 345 g/mol. The second kappa shape index (κ2) is 6.54. The molecule has 0 unspecified atom stereocenters. The van der Waals surface area contributed by atoms with E-state index in [1.54, 1.807) is 12.1 Å². The van der Waals surface area contributed by atoms with E-state index in [9.17, 15) is 13.2 Å². The number of aromatic amines is 1. The molecule has 0 radical (unpaired) electrons. The van der Waals surface area contributed by atoms with Gasteiger partial charge < -0.3 is 9.88 Å². The van der Waals surface area contributed by atoms with Gasteiger partial charge in [-0.2, -0.15) is 13.2 Å². The average Bonchev–Trinajstić information content (AvgIpc) is 3.02. The van der Waals surface area contributed by atoms with E-state index in [4.69, 9.17) is 0 Å². The number of benzene rings is 1. The fraction of sp³-hybridized carbons (Fsp3) is 0.579. The van der Waals surface area contributed by atoms with E-state index in [0.717, 1.165) is 48.7 Å². The first-order valence-corrected chi connectivity index (χ1v) is 9.83. The molecule has 1 aromatic heterocycles. The van der Waals surface area contributed by atoms with Gasteiger partial charge in [0.25, 0.3) is 0 Å². The molecule has 1 saturated carbocycles. The predicted octanol–water partition coefficient (Wildman–Crippen LogP) is 5.68. The van der Waals surface area contributed by atoms with Crippen LogP contribution in [0.15, 0.2) is 23.1 Å². The van der Waals surface area contributed by atoms with Crippen molar-refractivity contribution < 1.29 is 13.2 Å². The Hall–Kier alpha value is -1.14. The predicted molar refractivity (Wildman–Crippen MR) is 96.2 cm³/mol. The topological polar surface area (TPSA) is 19.0 Å². The summed E-state index contributed by atoms with van der Waals surface area (Å²) >= 11 is 0.0202. The van der Waals surface area contributed by atoms with Crippen LogP contribution in [0.2, 0.25) is 0 Å². The second-order valence-electron chi connectivity index (χ2n) is 7.35. The lowest BCUT2D eigenvalue weighted by atomic mass is 9.80. The van der Waals surface area contributed by atoms with Gasteiger partial charge in [-0.05, 0) is 81.1 Å². The van der Waals surface area contributed by atoms with Crippen molar-refractivity contribution in [3.05, 3.63) is 29.5 Å². The smallest absolute Gasteiger partial charge is 0.358 e. The molecule has 1 aliphatic heterocycles. The number of likely N-dealkylation sites (N-methyl/N-ethyl adjacent to an activating group) is 1. The highest BCUT2D eigenvalue weighted by Gasteiger charge is 2.33. The molecule has 2 heterocycles. The molecule has 1 aliphatic carbocycles. The molecule has 1 saturated heterocycles. The van der Waals surface area contributed by atoms with Gasteiger partial charge >= 0.3 is 5.51 Å². The summed E-state index contributed by atoms with van der Waals surface area (Å²) in [7, 11) is 2.13. The van der Waals surface area contributed by atoms with Crippen molar-refractivity contribution in [2.75, 3.05) is 13.6 Å². The van der Waals surface area contributed by atoms with Gasteiger partial charge in [-0.3, -0.25) is 0 Å². The number of rotatable bonds is 4. The van der Waals surface area contributed by atoms with Crippen molar-refractivity contribution >= 4 is 22.7 Å². The van der Waals surface area contributed by atoms with E-state index >= 15 is 0 Å². The summed E-state index contributed by atoms with van der Waals surface area (Å²) < 4.78 is 39.2. The third kappa shape index (κ3) is 3.43. The van der Waals surface area contributed by atoms with Gasteiger partial charge in [0.05, 0.1) is 0 Å². The van der Waals surface area contributed by atoms with Gasteiger partial charge in [0, 0.05) is 27.5 Å². The molecule has 25 heavy (non-hydrogen) atoms. The van der Waals surface area contributed by atoms with Gasteiger partial charge in [0.1, 0.15) is 0 Å². The number of aromatic nitrogens is 1. The molecule has 2 aromatic rings. The van der Waals surface area contributed by atoms with E-state index in [1.807, 2.05) is 6.07 Å². The minimum Gasteiger partial charge on any atom is -0.358 e. The fourth-order valence-corrected chi connectivity index (χ4v) is 4.97. The van der Waals surface area contributed by atoms with Crippen molar-refractivity contribution in [2.24, 2.45) is 0 Å². The van der Waals surface area contributed by atoms with Crippen molar-refractivity contribution in [1.82, 2.24) is 9.88 Å². The monoisotopic (exact) mass is 368 g/mol. The zero-order chi connectivity index (χ0) is 17.6. The van der Waals surface area contributed by atoms with E-state index in [0.29, 0.717) is 16.9 Å². The Morgan fingerprint density at radius 2 is 2.00 bits per heavy atom. The fourth-order valence-electron chi connectivity index (χ4n) is 4.24. The van der Waals surface area contributed by atoms with E-state index in [2.05, 4.69) is 16.9 Å². The Balaban J connectivity index is 1.80. The van der Waals surface area contributed by atoms with Crippen LogP contribution in [0.25, 0.3) is 10.9 Å². The lowest BCUT2D eigenvalue weighted by Gasteiger charge is -2.27. The maximum Gasteiger partial charge on any atom is 0.446 e. The van der Waals surface area contributed by atoms with Gasteiger partial charge in [-0.25, -0.2) is 0 Å². The summed E-state index contributed by atoms with van der Waals surface area (Å²) in [5.74, 6) is 0.484. The Morgan fingerprint density at radius 3 is 2.60 bits per heavy atom. The summed E-state index contributed by atoms with van der Waals surface area (Å²) in [6.45, 7) is 1.08. The minimum absolute atomic E-state index is 0.0202. The molecule has 1 N–H and O–H groups in total. The van der Waals surface area contributed by atoms with Crippen LogP contribution < -0.4 is 0 Å². The molecule has 6 heteroatoms. The molecule has 2 fully saturated rings. The summed E-state index contributed by atoms with van der Waals surface area (Å²) in [5, 5.41) is 0.798. The van der Waals surface area contributed by atoms with Crippen LogP contribution in [-0.4, -0.2) is 35.0 Å². The molecule has 0 amide bonds. The van der Waals surface area contributed by atoms with E-state index in [-0.39, 0.29) is 11.8 Å². The van der Waals surface area contributed by atoms with Gasteiger partial charge in [0.15, 0.2) is 0 Å². The molecule has 0 bridgehead atoms. The van der Waals surface area contributed by atoms with Crippen molar-refractivity contribution in [1.29, 1.82) is 0 Å². The van der Waals surface area contributed by atoms with Crippen LogP contribution in [0, 0.1) is 0 Å². The van der Waals surface area contributed by atoms with Crippen molar-refractivity contribution in [2.45, 2.75) is 60.9 Å². The number of nitrogens with zero attached hydrogens (tertiary/aromatic N) is 1. The quantitative estimate of drug-likeness (QED) is 0.700. The number of thioether (sulfide) groups is 1. The number of hydrogen-bond donors (Lipinski definition) is 1. The van der Waals surface area contributed by atoms with Crippen molar-refractivity contribution in [3.63, 3.8) is 0 Å². The zero-order valence-electron chi connectivity index (χ0n) is 14.3. The summed E-state index contributed by atoms with van der Waals surface area (Å²) in [6, 6.07) is 5.69. The maximum absolute atomic E-state index is 13.1. The number of hydrogen-bond acceptors (Lipinski definition) is 2. The zero-order valence-corrected chi connectivity index (χ0v) is 15.1. The lowest BCUT2D eigenvalue weighted by molar-refractivity contribution is -0.0327. The lowest BCUT2D eigenvalue weighted by Crippen LogP contribution is -2.27. The Kier molecular flexibility index (Phi) is 4.52. The molecule has 1 aromatic carbocycles. The van der Waals surface area contributed by atoms with Crippen LogP contribution in [0.1, 0.15) is 49.3 Å². The van der Waals surface area contributed by atoms with Crippen LogP contribution in [0.4, 0.5) is 13.2 Å². The largest absolute Gasteiger partial charge is 0.446 e. The molecule has 1 atom stereocenters. The number of alkyl halides is 3. The SMILES string of the molecule is CN1CCC[C@@H]1Cc1c(C2CCC2)[nH]c2cccc(SC(F)(F)F)c12. The van der Waals surface area contributed by atoms with E-state index in [1.165, 1.54) is 18.5 Å². The van der Waals surface area contributed by atoms with Crippen LogP contribution in [-0.2, 0) is 6.42 Å². The maximum atomic E-state index is 13.1. The Bertz CT molecular complexity index is 764. The van der Waals surface area contributed by atoms with E-state index < -0.39 is 5.51 Å². The molecule has 2 aliphatic rings. The van der Waals surface area contributed by atoms with Gasteiger partial charge in [0.2, 0.25) is 0 Å². The highest BCUT2D eigenvalue weighted by Crippen LogP contribution is 2.46. The normalized spacial score (nSPS) is 22.6. The first-order chi connectivity index (χ1) is 11.9. The molecule has 2 nitrogen and oxygen atoms in total. The molecule has 4 rings (SSSR count). The van der Waals surface area contributed by atoms with Crippen molar-refractivity contribution in [3.8, 4) is 0 Å². The van der Waals surface area contributed by atoms with Crippen LogP contribution in [0.5, 0.6) is 0 Å². The first-order valence-electron chi connectivity index (χ1n) is 9.02. The number of nitrogens with one attached hydrogen (secondary N) is 1. The molecular formula is C19H23F3N2S. The van der Waals surface area contributed by atoms with Crippen LogP contribution in [0.3, 0.4) is 0 Å². The number of fused-ring (bicyclic) bond motifs is 1. The van der Waals surface area contributed by atoms with Gasteiger partial charge in [-0.1, -0.05) is 12.5 Å². The average molecular weight is 368 g/mol. The summed E-state index contributed by atoms with van der Waals surface area (Å²) in [6.07, 6.45) is 6.64. The number of likely N-dealkylation sites (tertiary alicyclic amines) is 1. The summed E-state index contributed by atoms with van der Waals surface area (Å²) in [5.41, 5.74) is -1.08. The molecule has 136 valence electrons. The second-order valence-corrected chi connectivity index (χ2v) is 8.46. The third-order valence-corrected chi connectivity index (χ3v) is 6.56.